The van der Waals surface area contributed by atoms with Gasteiger partial charge in [0, 0.05) is 19.2 Å². The van der Waals surface area contributed by atoms with Gasteiger partial charge in [0.25, 0.3) is 5.69 Å². The van der Waals surface area contributed by atoms with Crippen molar-refractivity contribution in [2.24, 2.45) is 0 Å². The Morgan fingerprint density at radius 2 is 1.90 bits per heavy atom. The Balaban J connectivity index is 2.31. The largest absolute Gasteiger partial charge is 0.505 e. The van der Waals surface area contributed by atoms with Crippen molar-refractivity contribution in [2.75, 3.05) is 17.8 Å². The van der Waals surface area contributed by atoms with Gasteiger partial charge >= 0.3 is 10.2 Å². The Labute approximate surface area is 116 Å². The van der Waals surface area contributed by atoms with Gasteiger partial charge in [0.2, 0.25) is 0 Å². The number of nitro groups is 1. The van der Waals surface area contributed by atoms with Crippen LogP contribution >= 0.6 is 0 Å². The molecule has 1 heterocycles. The zero-order valence-electron chi connectivity index (χ0n) is 10.7. The van der Waals surface area contributed by atoms with Gasteiger partial charge in [0.05, 0.1) is 4.92 Å². The van der Waals surface area contributed by atoms with Gasteiger partial charge in [-0.3, -0.25) is 14.8 Å². The van der Waals surface area contributed by atoms with Crippen LogP contribution in [0.15, 0.2) is 18.2 Å². The Morgan fingerprint density at radius 3 is 2.50 bits per heavy atom. The highest BCUT2D eigenvalue weighted by atomic mass is 32.2. The smallest absolute Gasteiger partial charge is 0.301 e. The summed E-state index contributed by atoms with van der Waals surface area (Å²) in [5.74, 6) is -0.472. The summed E-state index contributed by atoms with van der Waals surface area (Å²) in [6.45, 7) is 0.744. The topological polar surface area (TPSA) is 113 Å². The zero-order chi connectivity index (χ0) is 14.8. The molecule has 2 rings (SSSR count). The molecule has 0 amide bonds. The average Bonchev–Trinajstić information content (AvgIpc) is 2.41. The standard InChI is InChI=1S/C11H15N3O5S/c15-10-6-4-5-9(14(16)17)11(10)12-20(18,19)13-7-2-1-3-8-13/h4-6,12,15H,1-3,7-8H2. The maximum atomic E-state index is 12.2. The molecule has 1 aliphatic heterocycles. The van der Waals surface area contributed by atoms with Crippen LogP contribution in [0.4, 0.5) is 11.4 Å². The molecule has 1 aliphatic rings. The monoisotopic (exact) mass is 301 g/mol. The van der Waals surface area contributed by atoms with Gasteiger partial charge < -0.3 is 5.11 Å². The molecule has 1 saturated heterocycles. The summed E-state index contributed by atoms with van der Waals surface area (Å²) in [7, 11) is -3.90. The van der Waals surface area contributed by atoms with E-state index in [2.05, 4.69) is 4.72 Å². The molecule has 0 spiro atoms. The number of aromatic hydroxyl groups is 1. The number of rotatable bonds is 4. The average molecular weight is 301 g/mol. The second-order valence-corrected chi connectivity index (χ2v) is 6.17. The first-order valence-corrected chi connectivity index (χ1v) is 7.60. The number of phenolic OH excluding ortho intramolecular Hbond substituents is 1. The molecule has 0 atom stereocenters. The molecule has 0 aromatic heterocycles. The van der Waals surface area contributed by atoms with E-state index in [0.717, 1.165) is 25.3 Å². The van der Waals surface area contributed by atoms with E-state index in [1.54, 1.807) is 0 Å². The van der Waals surface area contributed by atoms with Crippen LogP contribution in [-0.2, 0) is 10.2 Å². The molecular weight excluding hydrogens is 286 g/mol. The van der Waals surface area contributed by atoms with Gasteiger partial charge in [-0.15, -0.1) is 0 Å². The minimum absolute atomic E-state index is 0.372. The maximum Gasteiger partial charge on any atom is 0.301 e. The Hall–Kier alpha value is -1.87. The van der Waals surface area contributed by atoms with Crippen LogP contribution in [0, 0.1) is 10.1 Å². The maximum absolute atomic E-state index is 12.2. The molecule has 2 N–H and O–H groups in total. The fourth-order valence-electron chi connectivity index (χ4n) is 2.08. The summed E-state index contributed by atoms with van der Waals surface area (Å²) in [5.41, 5.74) is -0.881. The van der Waals surface area contributed by atoms with Crippen molar-refractivity contribution in [3.63, 3.8) is 0 Å². The van der Waals surface area contributed by atoms with Crippen LogP contribution in [0.2, 0.25) is 0 Å². The number of hydrogen-bond donors (Lipinski definition) is 2. The molecule has 110 valence electrons. The molecule has 1 aromatic rings. The second-order valence-electron chi connectivity index (χ2n) is 4.50. The predicted molar refractivity (Wildman–Crippen MR) is 72.7 cm³/mol. The van der Waals surface area contributed by atoms with E-state index in [4.69, 9.17) is 0 Å². The van der Waals surface area contributed by atoms with Gasteiger partial charge in [-0.25, -0.2) is 0 Å². The normalized spacial score (nSPS) is 16.8. The Kier molecular flexibility index (Phi) is 4.09. The van der Waals surface area contributed by atoms with Crippen molar-refractivity contribution in [2.45, 2.75) is 19.3 Å². The van der Waals surface area contributed by atoms with Gasteiger partial charge in [0.15, 0.2) is 5.69 Å². The number of para-hydroxylation sites is 1. The van der Waals surface area contributed by atoms with Crippen molar-refractivity contribution in [1.29, 1.82) is 0 Å². The van der Waals surface area contributed by atoms with Gasteiger partial charge in [-0.2, -0.15) is 12.7 Å². The van der Waals surface area contributed by atoms with Crippen LogP contribution in [0.3, 0.4) is 0 Å². The van der Waals surface area contributed by atoms with Crippen LogP contribution in [0.25, 0.3) is 0 Å². The summed E-state index contributed by atoms with van der Waals surface area (Å²) < 4.78 is 27.7. The second kappa shape index (κ2) is 5.63. The fraction of sp³-hybridized carbons (Fsp3) is 0.455. The third-order valence-corrected chi connectivity index (χ3v) is 4.61. The first kappa shape index (κ1) is 14.5. The third kappa shape index (κ3) is 2.99. The number of hydrogen-bond acceptors (Lipinski definition) is 5. The summed E-state index contributed by atoms with van der Waals surface area (Å²) in [6, 6.07) is 3.61. The number of phenols is 1. The summed E-state index contributed by atoms with van der Waals surface area (Å²) in [5, 5.41) is 20.5. The highest BCUT2D eigenvalue weighted by Crippen LogP contribution is 2.34. The predicted octanol–water partition coefficient (Wildman–Crippen LogP) is 1.44. The quantitative estimate of drug-likeness (QED) is 0.496. The molecule has 0 radical (unpaired) electrons. The molecule has 9 heteroatoms. The van der Waals surface area contributed by atoms with Crippen molar-refractivity contribution in [1.82, 2.24) is 4.31 Å². The number of benzene rings is 1. The lowest BCUT2D eigenvalue weighted by atomic mass is 10.2. The van der Waals surface area contributed by atoms with Gasteiger partial charge in [-0.05, 0) is 18.9 Å². The van der Waals surface area contributed by atoms with Crippen molar-refractivity contribution < 1.29 is 18.4 Å². The number of nitrogens with one attached hydrogen (secondary N) is 1. The summed E-state index contributed by atoms with van der Waals surface area (Å²) in [4.78, 5) is 10.1. The third-order valence-electron chi connectivity index (χ3n) is 3.10. The van der Waals surface area contributed by atoms with E-state index in [0.29, 0.717) is 13.1 Å². The van der Waals surface area contributed by atoms with Crippen LogP contribution in [0.1, 0.15) is 19.3 Å². The molecule has 8 nitrogen and oxygen atoms in total. The van der Waals surface area contributed by atoms with Crippen LogP contribution < -0.4 is 4.72 Å². The highest BCUT2D eigenvalue weighted by molar-refractivity contribution is 7.90. The van der Waals surface area contributed by atoms with Crippen molar-refractivity contribution in [3.05, 3.63) is 28.3 Å². The summed E-state index contributed by atoms with van der Waals surface area (Å²) >= 11 is 0. The molecule has 0 saturated carbocycles. The minimum atomic E-state index is -3.90. The molecule has 0 unspecified atom stereocenters. The number of piperidine rings is 1. The van der Waals surface area contributed by atoms with Crippen LogP contribution in [0.5, 0.6) is 5.75 Å². The lowest BCUT2D eigenvalue weighted by molar-refractivity contribution is -0.384. The highest BCUT2D eigenvalue weighted by Gasteiger charge is 2.28. The molecule has 0 bridgehead atoms. The first-order chi connectivity index (χ1) is 9.42. The Bertz CT molecular complexity index is 610. The zero-order valence-corrected chi connectivity index (χ0v) is 11.5. The Morgan fingerprint density at radius 1 is 1.25 bits per heavy atom. The molecule has 1 fully saturated rings. The van der Waals surface area contributed by atoms with E-state index < -0.39 is 32.3 Å². The fourth-order valence-corrected chi connectivity index (χ4v) is 3.42. The van der Waals surface area contributed by atoms with E-state index >= 15 is 0 Å². The van der Waals surface area contributed by atoms with E-state index in [1.807, 2.05) is 0 Å². The summed E-state index contributed by atoms with van der Waals surface area (Å²) in [6.07, 6.45) is 2.47. The SMILES string of the molecule is O=[N+]([O-])c1cccc(O)c1NS(=O)(=O)N1CCCCC1. The van der Waals surface area contributed by atoms with E-state index in [1.165, 1.54) is 16.4 Å². The molecular formula is C11H15N3O5S. The molecule has 20 heavy (non-hydrogen) atoms. The number of anilines is 1. The van der Waals surface area contributed by atoms with E-state index in [9.17, 15) is 23.6 Å². The minimum Gasteiger partial charge on any atom is -0.505 e. The number of nitro benzene ring substituents is 1. The van der Waals surface area contributed by atoms with Gasteiger partial charge in [-0.1, -0.05) is 12.5 Å². The first-order valence-electron chi connectivity index (χ1n) is 6.16. The van der Waals surface area contributed by atoms with E-state index in [-0.39, 0.29) is 0 Å². The number of nitrogens with zero attached hydrogens (tertiary/aromatic N) is 2. The van der Waals surface area contributed by atoms with Crippen molar-refractivity contribution >= 4 is 21.6 Å². The lowest BCUT2D eigenvalue weighted by Crippen LogP contribution is -2.39. The van der Waals surface area contributed by atoms with Crippen LogP contribution in [-0.4, -0.2) is 35.8 Å². The van der Waals surface area contributed by atoms with Gasteiger partial charge in [0.1, 0.15) is 5.75 Å². The molecule has 0 aliphatic carbocycles. The van der Waals surface area contributed by atoms with Crippen molar-refractivity contribution in [3.8, 4) is 5.75 Å². The lowest BCUT2D eigenvalue weighted by Gasteiger charge is -2.26. The molecule has 1 aromatic carbocycles.